The Morgan fingerprint density at radius 3 is 2.61 bits per heavy atom. The first-order chi connectivity index (χ1) is 15.1. The summed E-state index contributed by atoms with van der Waals surface area (Å²) in [6.45, 7) is 3.75. The highest BCUT2D eigenvalue weighted by atomic mass is 16.1. The molecule has 152 valence electrons. The van der Waals surface area contributed by atoms with Gasteiger partial charge in [0.25, 0.3) is 0 Å². The van der Waals surface area contributed by atoms with Crippen molar-refractivity contribution in [3.05, 3.63) is 89.0 Å². The number of nitrogens with zero attached hydrogens (tertiary/aromatic N) is 3. The minimum Gasteiger partial charge on any atom is -0.366 e. The van der Waals surface area contributed by atoms with Crippen molar-refractivity contribution in [2.75, 3.05) is 0 Å². The Bertz CT molecular complexity index is 1510. The molecule has 0 aliphatic carbocycles. The Kier molecular flexibility index (Phi) is 3.81. The molecule has 5 heteroatoms. The maximum Gasteiger partial charge on any atom is 0.248 e. The average Bonchev–Trinajstić information content (AvgIpc) is 3.31. The van der Waals surface area contributed by atoms with Crippen molar-refractivity contribution in [1.82, 2.24) is 14.1 Å². The first-order valence-corrected chi connectivity index (χ1v) is 10.6. The van der Waals surface area contributed by atoms with E-state index in [4.69, 9.17) is 10.7 Å². The lowest BCUT2D eigenvalue weighted by Gasteiger charge is -2.12. The lowest BCUT2D eigenvalue weighted by atomic mass is 10.0. The number of carbonyl (C=O) groups excluding carboxylic acids is 1. The maximum absolute atomic E-state index is 11.7. The molecule has 31 heavy (non-hydrogen) atoms. The predicted octanol–water partition coefficient (Wildman–Crippen LogP) is 4.67. The van der Waals surface area contributed by atoms with Crippen LogP contribution in [0.4, 0.5) is 0 Å². The molecule has 5 nitrogen and oxygen atoms in total. The number of rotatable bonds is 1. The largest absolute Gasteiger partial charge is 0.366 e. The average molecular weight is 406 g/mol. The van der Waals surface area contributed by atoms with Gasteiger partial charge in [0.2, 0.25) is 5.91 Å². The highest BCUT2D eigenvalue weighted by molar-refractivity contribution is 5.97. The van der Waals surface area contributed by atoms with Crippen molar-refractivity contribution < 1.29 is 4.79 Å². The number of benzene rings is 3. The number of aryl methyl sites for hydroxylation is 3. The van der Waals surface area contributed by atoms with Crippen molar-refractivity contribution in [1.29, 1.82) is 0 Å². The minimum atomic E-state index is -0.433. The van der Waals surface area contributed by atoms with Gasteiger partial charge in [0.15, 0.2) is 5.82 Å². The summed E-state index contributed by atoms with van der Waals surface area (Å²) in [6, 6.07) is 23.0. The van der Waals surface area contributed by atoms with Crippen molar-refractivity contribution in [3.63, 3.8) is 0 Å². The molecular weight excluding hydrogens is 384 g/mol. The van der Waals surface area contributed by atoms with Crippen LogP contribution in [0, 0.1) is 6.92 Å². The summed E-state index contributed by atoms with van der Waals surface area (Å²) >= 11 is 0. The van der Waals surface area contributed by atoms with Crippen LogP contribution in [0.3, 0.4) is 0 Å². The number of fused-ring (bicyclic) bond motifs is 8. The van der Waals surface area contributed by atoms with Crippen LogP contribution in [0.25, 0.3) is 33.5 Å². The SMILES string of the molecule is Cc1ccc2cc3n(c2c1)Cc1ccccc1CCn1c-3nc2cc(C(N)=O)ccc21. The van der Waals surface area contributed by atoms with Crippen LogP contribution in [0.5, 0.6) is 0 Å². The standard InChI is InChI=1S/C26H22N4O/c1-16-6-7-18-14-24-26-28-21-13-19(25(27)31)8-9-22(21)29(26)11-10-17-4-2-3-5-20(17)15-30(24)23(18)12-16/h2-9,12-14H,10-11,15H2,1H3,(H2,27,31). The molecular formula is C26H22N4O. The number of imidazole rings is 1. The second-order valence-corrected chi connectivity index (χ2v) is 8.35. The molecule has 3 heterocycles. The summed E-state index contributed by atoms with van der Waals surface area (Å²) in [5, 5.41) is 1.20. The fraction of sp³-hybridized carbons (Fsp3) is 0.154. The zero-order valence-electron chi connectivity index (χ0n) is 17.3. The lowest BCUT2D eigenvalue weighted by molar-refractivity contribution is 0.100. The molecule has 6 rings (SSSR count). The Hall–Kier alpha value is -3.86. The van der Waals surface area contributed by atoms with Crippen molar-refractivity contribution in [3.8, 4) is 11.5 Å². The summed E-state index contributed by atoms with van der Waals surface area (Å²) in [6.07, 6.45) is 0.925. The van der Waals surface area contributed by atoms with E-state index in [0.29, 0.717) is 5.56 Å². The summed E-state index contributed by atoms with van der Waals surface area (Å²) in [4.78, 5) is 16.7. The van der Waals surface area contributed by atoms with Gasteiger partial charge in [-0.1, -0.05) is 36.4 Å². The number of hydrogen-bond donors (Lipinski definition) is 1. The zero-order valence-corrected chi connectivity index (χ0v) is 17.3. The number of primary amides is 1. The molecule has 1 amide bonds. The normalized spacial score (nSPS) is 13.2. The molecule has 0 radical (unpaired) electrons. The molecule has 1 aliphatic heterocycles. The minimum absolute atomic E-state index is 0.433. The van der Waals surface area contributed by atoms with E-state index in [-0.39, 0.29) is 0 Å². The number of amides is 1. The van der Waals surface area contributed by atoms with E-state index in [1.165, 1.54) is 27.6 Å². The fourth-order valence-electron chi connectivity index (χ4n) is 4.78. The summed E-state index contributed by atoms with van der Waals surface area (Å²) in [5.74, 6) is 0.496. The van der Waals surface area contributed by atoms with Gasteiger partial charge in [0, 0.05) is 29.6 Å². The summed E-state index contributed by atoms with van der Waals surface area (Å²) in [7, 11) is 0. The van der Waals surface area contributed by atoms with Crippen LogP contribution < -0.4 is 5.73 Å². The molecule has 1 aliphatic rings. The molecule has 0 bridgehead atoms. The number of nitrogens with two attached hydrogens (primary N) is 1. The van der Waals surface area contributed by atoms with E-state index in [1.54, 1.807) is 12.1 Å². The molecule has 3 aromatic carbocycles. The van der Waals surface area contributed by atoms with Gasteiger partial charge in [-0.2, -0.15) is 0 Å². The highest BCUT2D eigenvalue weighted by Gasteiger charge is 2.21. The highest BCUT2D eigenvalue weighted by Crippen LogP contribution is 2.34. The van der Waals surface area contributed by atoms with Crippen molar-refractivity contribution >= 4 is 27.8 Å². The summed E-state index contributed by atoms with van der Waals surface area (Å²) < 4.78 is 4.65. The van der Waals surface area contributed by atoms with Gasteiger partial charge >= 0.3 is 0 Å². The predicted molar refractivity (Wildman–Crippen MR) is 123 cm³/mol. The second kappa shape index (κ2) is 6.57. The Labute approximate surface area is 179 Å². The van der Waals surface area contributed by atoms with E-state index in [9.17, 15) is 4.79 Å². The van der Waals surface area contributed by atoms with Gasteiger partial charge in [-0.25, -0.2) is 4.98 Å². The molecule has 0 saturated carbocycles. The molecule has 0 unspecified atom stereocenters. The molecule has 0 fully saturated rings. The van der Waals surface area contributed by atoms with Crippen molar-refractivity contribution in [2.45, 2.75) is 26.4 Å². The monoisotopic (exact) mass is 406 g/mol. The third kappa shape index (κ3) is 2.77. The molecule has 0 atom stereocenters. The van der Waals surface area contributed by atoms with E-state index < -0.39 is 5.91 Å². The molecule has 0 spiro atoms. The Morgan fingerprint density at radius 1 is 0.935 bits per heavy atom. The third-order valence-electron chi connectivity index (χ3n) is 6.37. The third-order valence-corrected chi connectivity index (χ3v) is 6.37. The Morgan fingerprint density at radius 2 is 1.77 bits per heavy atom. The fourth-order valence-corrected chi connectivity index (χ4v) is 4.78. The maximum atomic E-state index is 11.7. The van der Waals surface area contributed by atoms with E-state index in [0.717, 1.165) is 42.1 Å². The first kappa shape index (κ1) is 18.0. The quantitative estimate of drug-likeness (QED) is 0.440. The van der Waals surface area contributed by atoms with Crippen molar-refractivity contribution in [2.24, 2.45) is 5.73 Å². The van der Waals surface area contributed by atoms with Crippen LogP contribution in [-0.4, -0.2) is 20.0 Å². The van der Waals surface area contributed by atoms with Crippen LogP contribution in [-0.2, 0) is 19.5 Å². The van der Waals surface area contributed by atoms with Crippen LogP contribution in [0.2, 0.25) is 0 Å². The number of hydrogen-bond acceptors (Lipinski definition) is 2. The number of aromatic nitrogens is 3. The van der Waals surface area contributed by atoms with Gasteiger partial charge < -0.3 is 14.9 Å². The van der Waals surface area contributed by atoms with Gasteiger partial charge in [-0.3, -0.25) is 4.79 Å². The van der Waals surface area contributed by atoms with Gasteiger partial charge in [-0.05, 0) is 60.4 Å². The molecule has 2 N–H and O–H groups in total. The first-order valence-electron chi connectivity index (χ1n) is 10.6. The summed E-state index contributed by atoms with van der Waals surface area (Å²) in [5.41, 5.74) is 14.1. The van der Waals surface area contributed by atoms with Crippen LogP contribution >= 0.6 is 0 Å². The van der Waals surface area contributed by atoms with Crippen LogP contribution in [0.1, 0.15) is 27.0 Å². The Balaban J connectivity index is 1.69. The van der Waals surface area contributed by atoms with Gasteiger partial charge in [0.1, 0.15) is 0 Å². The molecule has 5 aromatic rings. The van der Waals surface area contributed by atoms with Crippen LogP contribution in [0.15, 0.2) is 66.7 Å². The van der Waals surface area contributed by atoms with Gasteiger partial charge in [0.05, 0.1) is 16.7 Å². The zero-order chi connectivity index (χ0) is 21.1. The second-order valence-electron chi connectivity index (χ2n) is 8.35. The van der Waals surface area contributed by atoms with E-state index in [2.05, 4.69) is 64.6 Å². The van der Waals surface area contributed by atoms with Gasteiger partial charge in [-0.15, -0.1) is 0 Å². The molecule has 2 aromatic heterocycles. The van der Waals surface area contributed by atoms with E-state index in [1.807, 2.05) is 6.07 Å². The topological polar surface area (TPSA) is 65.8 Å². The lowest BCUT2D eigenvalue weighted by Crippen LogP contribution is -2.10. The number of carbonyl (C=O) groups is 1. The molecule has 0 saturated heterocycles. The van der Waals surface area contributed by atoms with E-state index >= 15 is 0 Å². The smallest absolute Gasteiger partial charge is 0.248 e.